The third-order valence-corrected chi connectivity index (χ3v) is 3.37. The number of hydrogen-bond donors (Lipinski definition) is 0. The van der Waals surface area contributed by atoms with Gasteiger partial charge in [0.25, 0.3) is 0 Å². The molecule has 0 aromatic carbocycles. The SMILES string of the molecule is CC(=O)N1CCCN(C(=O)C(C)CCl)CC1. The van der Waals surface area contributed by atoms with E-state index in [4.69, 9.17) is 11.6 Å². The molecule has 5 heteroatoms. The first-order chi connectivity index (χ1) is 7.56. The first-order valence-electron chi connectivity index (χ1n) is 5.66. The predicted octanol–water partition coefficient (Wildman–Crippen LogP) is 0.942. The summed E-state index contributed by atoms with van der Waals surface area (Å²) in [5, 5.41) is 0. The van der Waals surface area contributed by atoms with Crippen molar-refractivity contribution in [1.29, 1.82) is 0 Å². The molecule has 1 atom stereocenters. The fourth-order valence-electron chi connectivity index (χ4n) is 1.83. The second-order valence-corrected chi connectivity index (χ2v) is 4.55. The maximum Gasteiger partial charge on any atom is 0.226 e. The molecule has 1 aliphatic rings. The summed E-state index contributed by atoms with van der Waals surface area (Å²) >= 11 is 5.67. The highest BCUT2D eigenvalue weighted by atomic mass is 35.5. The van der Waals surface area contributed by atoms with Crippen LogP contribution in [0.1, 0.15) is 20.3 Å². The van der Waals surface area contributed by atoms with Gasteiger partial charge in [-0.1, -0.05) is 6.92 Å². The number of carbonyl (C=O) groups is 2. The van der Waals surface area contributed by atoms with Gasteiger partial charge in [-0.15, -0.1) is 11.6 Å². The number of halogens is 1. The summed E-state index contributed by atoms with van der Waals surface area (Å²) < 4.78 is 0. The van der Waals surface area contributed by atoms with E-state index in [1.807, 2.05) is 11.8 Å². The Balaban J connectivity index is 2.53. The molecule has 0 aromatic heterocycles. The number of hydrogen-bond acceptors (Lipinski definition) is 2. The first-order valence-corrected chi connectivity index (χ1v) is 6.20. The van der Waals surface area contributed by atoms with Crippen LogP contribution in [0, 0.1) is 5.92 Å². The Labute approximate surface area is 102 Å². The molecule has 1 saturated heterocycles. The molecule has 1 fully saturated rings. The Morgan fingerprint density at radius 3 is 2.31 bits per heavy atom. The molecule has 1 unspecified atom stereocenters. The van der Waals surface area contributed by atoms with E-state index in [-0.39, 0.29) is 17.7 Å². The highest BCUT2D eigenvalue weighted by molar-refractivity contribution is 6.19. The van der Waals surface area contributed by atoms with E-state index in [1.54, 1.807) is 11.8 Å². The van der Waals surface area contributed by atoms with Crippen LogP contribution >= 0.6 is 11.6 Å². The number of nitrogens with zero attached hydrogens (tertiary/aromatic N) is 2. The lowest BCUT2D eigenvalue weighted by molar-refractivity contribution is -0.135. The zero-order valence-electron chi connectivity index (χ0n) is 9.91. The van der Waals surface area contributed by atoms with Gasteiger partial charge in [-0.25, -0.2) is 0 Å². The maximum absolute atomic E-state index is 11.9. The largest absolute Gasteiger partial charge is 0.341 e. The summed E-state index contributed by atoms with van der Waals surface area (Å²) in [6.07, 6.45) is 0.848. The molecular formula is C11H19ClN2O2. The van der Waals surface area contributed by atoms with Crippen LogP contribution in [-0.2, 0) is 9.59 Å². The molecule has 0 radical (unpaired) electrons. The highest BCUT2D eigenvalue weighted by Gasteiger charge is 2.23. The fourth-order valence-corrected chi connectivity index (χ4v) is 1.96. The minimum atomic E-state index is -0.134. The van der Waals surface area contributed by atoms with Crippen molar-refractivity contribution < 1.29 is 9.59 Å². The van der Waals surface area contributed by atoms with Crippen LogP contribution in [0.15, 0.2) is 0 Å². The second kappa shape index (κ2) is 6.09. The summed E-state index contributed by atoms with van der Waals surface area (Å²) in [5.41, 5.74) is 0. The molecule has 0 aliphatic carbocycles. The van der Waals surface area contributed by atoms with Gasteiger partial charge in [-0.3, -0.25) is 9.59 Å². The number of rotatable bonds is 2. The lowest BCUT2D eigenvalue weighted by atomic mass is 10.2. The van der Waals surface area contributed by atoms with Gasteiger partial charge < -0.3 is 9.80 Å². The van der Waals surface area contributed by atoms with Gasteiger partial charge in [-0.2, -0.15) is 0 Å². The summed E-state index contributed by atoms with van der Waals surface area (Å²) in [5.74, 6) is 0.400. The minimum absolute atomic E-state index is 0.0830. The number of amides is 2. The third-order valence-electron chi connectivity index (χ3n) is 2.91. The van der Waals surface area contributed by atoms with Crippen LogP contribution in [0.25, 0.3) is 0 Å². The van der Waals surface area contributed by atoms with E-state index in [1.165, 1.54) is 0 Å². The minimum Gasteiger partial charge on any atom is -0.341 e. The van der Waals surface area contributed by atoms with Crippen molar-refractivity contribution in [2.45, 2.75) is 20.3 Å². The Kier molecular flexibility index (Phi) is 5.06. The van der Waals surface area contributed by atoms with Gasteiger partial charge in [-0.05, 0) is 6.42 Å². The van der Waals surface area contributed by atoms with Crippen molar-refractivity contribution in [2.24, 2.45) is 5.92 Å². The van der Waals surface area contributed by atoms with E-state index in [2.05, 4.69) is 0 Å². The monoisotopic (exact) mass is 246 g/mol. The summed E-state index contributed by atoms with van der Waals surface area (Å²) in [7, 11) is 0. The predicted molar refractivity (Wildman–Crippen MR) is 63.3 cm³/mol. The van der Waals surface area contributed by atoms with Crippen LogP contribution in [-0.4, -0.2) is 53.7 Å². The van der Waals surface area contributed by atoms with Crippen LogP contribution in [0.4, 0.5) is 0 Å². The van der Waals surface area contributed by atoms with E-state index in [9.17, 15) is 9.59 Å². The lowest BCUT2D eigenvalue weighted by Gasteiger charge is -2.23. The average Bonchev–Trinajstić information content (AvgIpc) is 2.52. The van der Waals surface area contributed by atoms with E-state index >= 15 is 0 Å². The summed E-state index contributed by atoms with van der Waals surface area (Å²) in [6, 6.07) is 0. The van der Waals surface area contributed by atoms with Crippen molar-refractivity contribution in [1.82, 2.24) is 9.80 Å². The molecule has 4 nitrogen and oxygen atoms in total. The van der Waals surface area contributed by atoms with Gasteiger partial charge in [0.05, 0.1) is 0 Å². The van der Waals surface area contributed by atoms with E-state index in [0.29, 0.717) is 19.0 Å². The van der Waals surface area contributed by atoms with E-state index < -0.39 is 0 Å². The molecule has 0 saturated carbocycles. The van der Waals surface area contributed by atoms with Crippen LogP contribution in [0.3, 0.4) is 0 Å². The molecular weight excluding hydrogens is 228 g/mol. The fraction of sp³-hybridized carbons (Fsp3) is 0.818. The average molecular weight is 247 g/mol. The third kappa shape index (κ3) is 3.37. The van der Waals surface area contributed by atoms with Gasteiger partial charge in [0.15, 0.2) is 0 Å². The Morgan fingerprint density at radius 1 is 1.19 bits per heavy atom. The molecule has 1 heterocycles. The van der Waals surface area contributed by atoms with E-state index in [0.717, 1.165) is 19.5 Å². The highest BCUT2D eigenvalue weighted by Crippen LogP contribution is 2.09. The Morgan fingerprint density at radius 2 is 1.75 bits per heavy atom. The van der Waals surface area contributed by atoms with Gasteiger partial charge in [0.2, 0.25) is 11.8 Å². The van der Waals surface area contributed by atoms with Crippen molar-refractivity contribution in [3.05, 3.63) is 0 Å². The molecule has 0 spiro atoms. The van der Waals surface area contributed by atoms with Crippen LogP contribution in [0.5, 0.6) is 0 Å². The molecule has 92 valence electrons. The number of alkyl halides is 1. The Bertz CT molecular complexity index is 271. The maximum atomic E-state index is 11.9. The van der Waals surface area contributed by atoms with Crippen LogP contribution in [0.2, 0.25) is 0 Å². The standard InChI is InChI=1S/C11H19ClN2O2/c1-9(8-12)11(16)14-5-3-4-13(6-7-14)10(2)15/h9H,3-8H2,1-2H3. The molecule has 1 aliphatic heterocycles. The zero-order valence-corrected chi connectivity index (χ0v) is 10.7. The van der Waals surface area contributed by atoms with Gasteiger partial charge in [0, 0.05) is 44.9 Å². The second-order valence-electron chi connectivity index (χ2n) is 4.24. The Hall–Kier alpha value is -0.770. The van der Waals surface area contributed by atoms with Crippen LogP contribution < -0.4 is 0 Å². The smallest absolute Gasteiger partial charge is 0.226 e. The van der Waals surface area contributed by atoms with Gasteiger partial charge >= 0.3 is 0 Å². The molecule has 1 rings (SSSR count). The molecule has 2 amide bonds. The summed E-state index contributed by atoms with van der Waals surface area (Å²) in [6.45, 7) is 6.13. The molecule has 0 aromatic rings. The van der Waals surface area contributed by atoms with Crippen molar-refractivity contribution in [3.8, 4) is 0 Å². The van der Waals surface area contributed by atoms with Crippen molar-refractivity contribution >= 4 is 23.4 Å². The molecule has 0 bridgehead atoms. The number of carbonyl (C=O) groups excluding carboxylic acids is 2. The summed E-state index contributed by atoms with van der Waals surface area (Å²) in [4.78, 5) is 26.7. The van der Waals surface area contributed by atoms with Gasteiger partial charge in [0.1, 0.15) is 0 Å². The lowest BCUT2D eigenvalue weighted by Crippen LogP contribution is -2.39. The normalized spacial score (nSPS) is 19.2. The first kappa shape index (κ1) is 13.3. The molecule has 16 heavy (non-hydrogen) atoms. The topological polar surface area (TPSA) is 40.6 Å². The zero-order chi connectivity index (χ0) is 12.1. The van der Waals surface area contributed by atoms with Crippen molar-refractivity contribution in [3.63, 3.8) is 0 Å². The van der Waals surface area contributed by atoms with Crippen molar-refractivity contribution in [2.75, 3.05) is 32.1 Å². The molecule has 0 N–H and O–H groups in total. The quantitative estimate of drug-likeness (QED) is 0.681.